The lowest BCUT2D eigenvalue weighted by Crippen LogP contribution is -2.60. The first-order valence-corrected chi connectivity index (χ1v) is 12.3. The number of Topliss-reactive ketones (excluding diaryl/α,β-unsaturated/α-hetero) is 1. The molecule has 200 valence electrons. The van der Waals surface area contributed by atoms with E-state index in [0.29, 0.717) is 36.1 Å². The molecule has 0 spiro atoms. The SMILES string of the molecule is Cc1c(C)c2c(c(C)c1O)CC[C@](C)(C(=O)N[C@@H](CO)C(=O)N[C@@H](CC(C)C)C(=O)[C@@]1(CO)CO1)O2. The number of phenols is 1. The van der Waals surface area contributed by atoms with Crippen LogP contribution in [0.4, 0.5) is 0 Å². The van der Waals surface area contributed by atoms with Crippen molar-refractivity contribution in [3.63, 3.8) is 0 Å². The van der Waals surface area contributed by atoms with E-state index >= 15 is 0 Å². The Labute approximate surface area is 211 Å². The minimum Gasteiger partial charge on any atom is -0.507 e. The molecular formula is C26H38N2O8. The number of ether oxygens (including phenoxy) is 2. The second kappa shape index (κ2) is 10.4. The van der Waals surface area contributed by atoms with Crippen molar-refractivity contribution in [2.75, 3.05) is 19.8 Å². The van der Waals surface area contributed by atoms with Crippen molar-refractivity contribution in [3.8, 4) is 11.5 Å². The number of hydrogen-bond donors (Lipinski definition) is 5. The van der Waals surface area contributed by atoms with E-state index < -0.39 is 54.1 Å². The smallest absolute Gasteiger partial charge is 0.264 e. The van der Waals surface area contributed by atoms with Gasteiger partial charge in [0.25, 0.3) is 5.91 Å². The molecule has 4 atom stereocenters. The molecule has 10 nitrogen and oxygen atoms in total. The fourth-order valence-electron chi connectivity index (χ4n) is 4.60. The van der Waals surface area contributed by atoms with Gasteiger partial charge in [0.15, 0.2) is 17.0 Å². The first kappa shape index (κ1) is 27.9. The first-order chi connectivity index (χ1) is 16.8. The number of benzene rings is 1. The van der Waals surface area contributed by atoms with Crippen LogP contribution in [0.2, 0.25) is 0 Å². The molecule has 0 radical (unpaired) electrons. The maximum absolute atomic E-state index is 13.3. The van der Waals surface area contributed by atoms with E-state index in [-0.39, 0.29) is 18.3 Å². The molecule has 10 heteroatoms. The highest BCUT2D eigenvalue weighted by Crippen LogP contribution is 2.43. The molecule has 0 aromatic heterocycles. The number of rotatable bonds is 10. The molecule has 0 unspecified atom stereocenters. The number of phenolic OH excluding ortho intramolecular Hbond substituents is 1. The Hall–Kier alpha value is -2.69. The standard InChI is InChI=1S/C26H38N2O8/c1-13(2)9-18(22(32)26(11-30)12-35-26)27-23(33)19(10-29)28-24(34)25(6)8-7-17-16(5)20(31)14(3)15(4)21(17)36-25/h13,18-19,29-31H,7-12H2,1-6H3,(H,27,33)(H,28,34)/t18-,19-,25+,26+/m0/s1. The molecule has 2 aliphatic rings. The second-order valence-corrected chi connectivity index (χ2v) is 10.6. The van der Waals surface area contributed by atoms with Crippen molar-refractivity contribution < 1.29 is 39.2 Å². The molecule has 2 amide bonds. The van der Waals surface area contributed by atoms with Crippen molar-refractivity contribution in [1.82, 2.24) is 10.6 Å². The highest BCUT2D eigenvalue weighted by Gasteiger charge is 2.54. The highest BCUT2D eigenvalue weighted by molar-refractivity contribution is 5.98. The Morgan fingerprint density at radius 2 is 1.67 bits per heavy atom. The van der Waals surface area contributed by atoms with Crippen LogP contribution in [0.25, 0.3) is 0 Å². The van der Waals surface area contributed by atoms with Gasteiger partial charge in [-0.2, -0.15) is 0 Å². The zero-order chi connectivity index (χ0) is 27.0. The summed E-state index contributed by atoms with van der Waals surface area (Å²) >= 11 is 0. The van der Waals surface area contributed by atoms with Gasteiger partial charge < -0.3 is 35.4 Å². The normalized spacial score (nSPS) is 24.4. The molecule has 0 saturated carbocycles. The van der Waals surface area contributed by atoms with Crippen LogP contribution in [0.1, 0.15) is 55.9 Å². The number of aromatic hydroxyl groups is 1. The summed E-state index contributed by atoms with van der Waals surface area (Å²) in [6.45, 7) is 9.72. The molecule has 1 aromatic carbocycles. The molecule has 1 saturated heterocycles. The fraction of sp³-hybridized carbons (Fsp3) is 0.654. The van der Waals surface area contributed by atoms with Gasteiger partial charge in [-0.15, -0.1) is 0 Å². The van der Waals surface area contributed by atoms with Crippen molar-refractivity contribution in [2.45, 2.75) is 84.1 Å². The van der Waals surface area contributed by atoms with Crippen LogP contribution < -0.4 is 15.4 Å². The van der Waals surface area contributed by atoms with Gasteiger partial charge in [0.1, 0.15) is 17.5 Å². The lowest BCUT2D eigenvalue weighted by molar-refractivity contribution is -0.141. The number of aliphatic hydroxyl groups is 2. The van der Waals surface area contributed by atoms with Gasteiger partial charge in [0, 0.05) is 12.0 Å². The van der Waals surface area contributed by atoms with E-state index in [4.69, 9.17) is 9.47 Å². The van der Waals surface area contributed by atoms with E-state index in [1.165, 1.54) is 0 Å². The Morgan fingerprint density at radius 3 is 2.19 bits per heavy atom. The van der Waals surface area contributed by atoms with E-state index in [9.17, 15) is 29.7 Å². The summed E-state index contributed by atoms with van der Waals surface area (Å²) in [5.74, 6) is -0.915. The van der Waals surface area contributed by atoms with Crippen LogP contribution in [0.3, 0.4) is 0 Å². The zero-order valence-corrected chi connectivity index (χ0v) is 21.9. The number of ketones is 1. The minimum absolute atomic E-state index is 0.0557. The van der Waals surface area contributed by atoms with Gasteiger partial charge in [0.2, 0.25) is 5.91 Å². The summed E-state index contributed by atoms with van der Waals surface area (Å²) in [5, 5.41) is 35.0. The summed E-state index contributed by atoms with van der Waals surface area (Å²) in [5.41, 5.74) is 0.349. The topological polar surface area (TPSA) is 158 Å². The number of carbonyl (C=O) groups is 3. The number of aliphatic hydroxyl groups excluding tert-OH is 2. The quantitative estimate of drug-likeness (QED) is 0.291. The number of fused-ring (bicyclic) bond motifs is 1. The molecule has 5 N–H and O–H groups in total. The van der Waals surface area contributed by atoms with Crippen LogP contribution in [0.5, 0.6) is 11.5 Å². The van der Waals surface area contributed by atoms with Gasteiger partial charge in [0.05, 0.1) is 25.9 Å². The Balaban J connectivity index is 1.74. The Kier molecular flexibility index (Phi) is 8.02. The summed E-state index contributed by atoms with van der Waals surface area (Å²) in [7, 11) is 0. The monoisotopic (exact) mass is 506 g/mol. The van der Waals surface area contributed by atoms with Gasteiger partial charge >= 0.3 is 0 Å². The minimum atomic E-state index is -1.31. The van der Waals surface area contributed by atoms with Crippen molar-refractivity contribution in [1.29, 1.82) is 0 Å². The third kappa shape index (κ3) is 5.21. The molecule has 0 aliphatic carbocycles. The lowest BCUT2D eigenvalue weighted by atomic mass is 9.86. The van der Waals surface area contributed by atoms with Crippen LogP contribution in [-0.4, -0.2) is 76.0 Å². The maximum atomic E-state index is 13.3. The van der Waals surface area contributed by atoms with Crippen molar-refractivity contribution in [3.05, 3.63) is 22.3 Å². The van der Waals surface area contributed by atoms with Crippen LogP contribution in [0.15, 0.2) is 0 Å². The molecule has 0 bridgehead atoms. The van der Waals surface area contributed by atoms with Crippen molar-refractivity contribution >= 4 is 17.6 Å². The number of carbonyl (C=O) groups excluding carboxylic acids is 3. The number of epoxide rings is 1. The van der Waals surface area contributed by atoms with Crippen LogP contribution in [0, 0.1) is 26.7 Å². The molecule has 1 aromatic rings. The Morgan fingerprint density at radius 1 is 1.03 bits per heavy atom. The average molecular weight is 507 g/mol. The molecule has 3 rings (SSSR count). The van der Waals surface area contributed by atoms with Gasteiger partial charge in [-0.3, -0.25) is 14.4 Å². The van der Waals surface area contributed by atoms with Gasteiger partial charge in [-0.1, -0.05) is 13.8 Å². The maximum Gasteiger partial charge on any atom is 0.264 e. The third-order valence-electron chi connectivity index (χ3n) is 7.34. The fourth-order valence-corrected chi connectivity index (χ4v) is 4.60. The predicted molar refractivity (Wildman–Crippen MR) is 131 cm³/mol. The highest BCUT2D eigenvalue weighted by atomic mass is 16.6. The first-order valence-electron chi connectivity index (χ1n) is 12.3. The summed E-state index contributed by atoms with van der Waals surface area (Å²) in [4.78, 5) is 39.2. The molecule has 2 aliphatic heterocycles. The molecule has 1 fully saturated rings. The average Bonchev–Trinajstić information content (AvgIpc) is 3.64. The summed E-state index contributed by atoms with van der Waals surface area (Å²) in [6.07, 6.45) is 1.10. The molecule has 2 heterocycles. The van der Waals surface area contributed by atoms with Gasteiger partial charge in [-0.25, -0.2) is 0 Å². The van der Waals surface area contributed by atoms with Crippen molar-refractivity contribution in [2.24, 2.45) is 5.92 Å². The summed E-state index contributed by atoms with van der Waals surface area (Å²) < 4.78 is 11.3. The van der Waals surface area contributed by atoms with Crippen LogP contribution >= 0.6 is 0 Å². The predicted octanol–water partition coefficient (Wildman–Crippen LogP) is 0.740. The number of amides is 2. The number of nitrogens with one attached hydrogen (secondary N) is 2. The molecular weight excluding hydrogens is 468 g/mol. The lowest BCUT2D eigenvalue weighted by Gasteiger charge is -2.37. The van der Waals surface area contributed by atoms with E-state index in [0.717, 1.165) is 11.1 Å². The molecule has 36 heavy (non-hydrogen) atoms. The summed E-state index contributed by atoms with van der Waals surface area (Å²) in [6, 6.07) is -2.25. The number of hydrogen-bond acceptors (Lipinski definition) is 8. The zero-order valence-electron chi connectivity index (χ0n) is 21.9. The van der Waals surface area contributed by atoms with E-state index in [2.05, 4.69) is 10.6 Å². The van der Waals surface area contributed by atoms with Gasteiger partial charge in [-0.05, 0) is 63.1 Å². The van der Waals surface area contributed by atoms with Crippen LogP contribution in [-0.2, 0) is 25.5 Å². The largest absolute Gasteiger partial charge is 0.507 e. The Bertz CT molecular complexity index is 1050. The second-order valence-electron chi connectivity index (χ2n) is 10.6. The third-order valence-corrected chi connectivity index (χ3v) is 7.34. The van der Waals surface area contributed by atoms with E-state index in [1.807, 2.05) is 20.8 Å². The van der Waals surface area contributed by atoms with E-state index in [1.54, 1.807) is 20.8 Å².